The maximum absolute atomic E-state index is 12.6. The molecule has 10 heteroatoms. The Kier molecular flexibility index (Phi) is 6.78. The van der Waals surface area contributed by atoms with Crippen molar-refractivity contribution < 1.29 is 32.3 Å². The van der Waals surface area contributed by atoms with Gasteiger partial charge in [0.25, 0.3) is 5.91 Å². The third-order valence-electron chi connectivity index (χ3n) is 4.72. The van der Waals surface area contributed by atoms with Crippen molar-refractivity contribution in [2.75, 3.05) is 38.1 Å². The Labute approximate surface area is 176 Å². The molecule has 1 aliphatic rings. The Balaban J connectivity index is 1.43. The van der Waals surface area contributed by atoms with Crippen LogP contribution in [0.15, 0.2) is 54.6 Å². The van der Waals surface area contributed by atoms with Crippen molar-refractivity contribution in [3.8, 4) is 0 Å². The number of piperazine rings is 1. The van der Waals surface area contributed by atoms with E-state index in [4.69, 9.17) is 4.74 Å². The molecule has 7 nitrogen and oxygen atoms in total. The van der Waals surface area contributed by atoms with Crippen LogP contribution in [0.4, 0.5) is 23.7 Å². The van der Waals surface area contributed by atoms with E-state index in [1.54, 1.807) is 29.2 Å². The highest BCUT2D eigenvalue weighted by molar-refractivity contribution is 5.91. The number of carbonyl (C=O) groups is 3. The van der Waals surface area contributed by atoms with Gasteiger partial charge in [0.2, 0.25) is 0 Å². The first kappa shape index (κ1) is 22.1. The fourth-order valence-corrected chi connectivity index (χ4v) is 2.98. The molecule has 1 N–H and O–H groups in total. The van der Waals surface area contributed by atoms with Crippen LogP contribution in [0.3, 0.4) is 0 Å². The smallest absolute Gasteiger partial charge is 0.416 e. The quantitative estimate of drug-likeness (QED) is 0.748. The van der Waals surface area contributed by atoms with Crippen LogP contribution in [0, 0.1) is 0 Å². The molecule has 0 unspecified atom stereocenters. The molecule has 0 aliphatic carbocycles. The lowest BCUT2D eigenvalue weighted by Crippen LogP contribution is -2.52. The van der Waals surface area contributed by atoms with Gasteiger partial charge in [-0.05, 0) is 36.4 Å². The van der Waals surface area contributed by atoms with Gasteiger partial charge < -0.3 is 19.9 Å². The summed E-state index contributed by atoms with van der Waals surface area (Å²) in [6.45, 7) is 0.655. The van der Waals surface area contributed by atoms with Crippen LogP contribution < -0.4 is 5.32 Å². The first-order valence-electron chi connectivity index (χ1n) is 9.47. The van der Waals surface area contributed by atoms with Crippen LogP contribution in [0.5, 0.6) is 0 Å². The average molecular weight is 435 g/mol. The maximum atomic E-state index is 12.6. The van der Waals surface area contributed by atoms with Gasteiger partial charge in [-0.3, -0.25) is 4.79 Å². The first-order chi connectivity index (χ1) is 14.7. The summed E-state index contributed by atoms with van der Waals surface area (Å²) in [7, 11) is 0. The van der Waals surface area contributed by atoms with E-state index in [9.17, 15) is 27.6 Å². The number of benzene rings is 2. The molecule has 1 heterocycles. The molecule has 3 rings (SSSR count). The fraction of sp³-hybridized carbons (Fsp3) is 0.286. The highest BCUT2D eigenvalue weighted by Crippen LogP contribution is 2.29. The Morgan fingerprint density at radius 3 is 2.03 bits per heavy atom. The molecule has 0 radical (unpaired) electrons. The molecule has 1 saturated heterocycles. The lowest BCUT2D eigenvalue weighted by Gasteiger charge is -2.34. The van der Waals surface area contributed by atoms with Crippen LogP contribution in [0.25, 0.3) is 0 Å². The van der Waals surface area contributed by atoms with Gasteiger partial charge in [-0.25, -0.2) is 9.59 Å². The molecule has 0 bridgehead atoms. The van der Waals surface area contributed by atoms with E-state index < -0.39 is 30.2 Å². The molecule has 1 aliphatic heterocycles. The number of carbonyl (C=O) groups excluding carboxylic acids is 3. The van der Waals surface area contributed by atoms with Crippen molar-refractivity contribution in [2.24, 2.45) is 0 Å². The number of alkyl halides is 3. The van der Waals surface area contributed by atoms with Crippen molar-refractivity contribution in [3.05, 3.63) is 65.7 Å². The summed E-state index contributed by atoms with van der Waals surface area (Å²) < 4.78 is 42.6. The van der Waals surface area contributed by atoms with Gasteiger partial charge in [0, 0.05) is 31.9 Å². The van der Waals surface area contributed by atoms with E-state index in [1.165, 1.54) is 4.90 Å². The number of nitrogens with zero attached hydrogens (tertiary/aromatic N) is 2. The number of anilines is 1. The van der Waals surface area contributed by atoms with Crippen molar-refractivity contribution in [3.63, 3.8) is 0 Å². The minimum absolute atomic E-state index is 0.0804. The molecule has 3 amide bonds. The van der Waals surface area contributed by atoms with Crippen molar-refractivity contribution in [1.82, 2.24) is 9.80 Å². The van der Waals surface area contributed by atoms with E-state index in [2.05, 4.69) is 5.32 Å². The van der Waals surface area contributed by atoms with Gasteiger partial charge in [0.1, 0.15) is 0 Å². The van der Waals surface area contributed by atoms with Gasteiger partial charge >= 0.3 is 18.2 Å². The van der Waals surface area contributed by atoms with Crippen LogP contribution in [-0.4, -0.2) is 60.5 Å². The lowest BCUT2D eigenvalue weighted by molar-refractivity contribution is -0.137. The van der Waals surface area contributed by atoms with Crippen molar-refractivity contribution in [1.29, 1.82) is 0 Å². The topological polar surface area (TPSA) is 79.0 Å². The molecule has 0 atom stereocenters. The van der Waals surface area contributed by atoms with Crippen LogP contribution in [0.2, 0.25) is 0 Å². The molecule has 0 aromatic heterocycles. The van der Waals surface area contributed by atoms with Gasteiger partial charge in [0.05, 0.1) is 11.1 Å². The summed E-state index contributed by atoms with van der Waals surface area (Å²) in [5, 5.41) is 2.77. The Hall–Kier alpha value is -3.56. The summed E-state index contributed by atoms with van der Waals surface area (Å²) in [6.07, 6.45) is -4.50. The van der Waals surface area contributed by atoms with Crippen molar-refractivity contribution in [2.45, 2.75) is 6.18 Å². The summed E-state index contributed by atoms with van der Waals surface area (Å²) in [4.78, 5) is 39.6. The molecular weight excluding hydrogens is 415 g/mol. The van der Waals surface area contributed by atoms with Crippen molar-refractivity contribution >= 4 is 23.6 Å². The fourth-order valence-electron chi connectivity index (χ4n) is 2.98. The van der Waals surface area contributed by atoms with E-state index in [-0.39, 0.29) is 24.7 Å². The molecule has 1 fully saturated rings. The largest absolute Gasteiger partial charge is 0.452 e. The standard InChI is InChI=1S/C21H20F3N3O4/c22-21(23,24)16-8-6-15(7-9-16)19(29)31-14-18(28)26-10-12-27(13-11-26)20(30)25-17-4-2-1-3-5-17/h1-9H,10-14H2,(H,25,30). The third-order valence-corrected chi connectivity index (χ3v) is 4.72. The SMILES string of the molecule is O=C(OCC(=O)N1CCN(C(=O)Nc2ccccc2)CC1)c1ccc(C(F)(F)F)cc1. The Bertz CT molecular complexity index is 925. The second kappa shape index (κ2) is 9.50. The molecule has 2 aromatic rings. The lowest BCUT2D eigenvalue weighted by atomic mass is 10.1. The normalized spacial score (nSPS) is 14.2. The number of esters is 1. The summed E-state index contributed by atoms with van der Waals surface area (Å²) in [6, 6.07) is 12.3. The average Bonchev–Trinajstić information content (AvgIpc) is 2.77. The van der Waals surface area contributed by atoms with Gasteiger partial charge in [-0.2, -0.15) is 13.2 Å². The number of hydrogen-bond acceptors (Lipinski definition) is 4. The van der Waals surface area contributed by atoms with Crippen LogP contribution in [-0.2, 0) is 15.7 Å². The number of nitrogens with one attached hydrogen (secondary N) is 1. The number of para-hydroxylation sites is 1. The number of ether oxygens (including phenoxy) is 1. The molecule has 164 valence electrons. The number of halogens is 3. The molecular formula is C21H20F3N3O4. The van der Waals surface area contributed by atoms with Gasteiger partial charge in [-0.1, -0.05) is 18.2 Å². The number of urea groups is 1. The van der Waals surface area contributed by atoms with E-state index >= 15 is 0 Å². The predicted octanol–water partition coefficient (Wildman–Crippen LogP) is 3.24. The summed E-state index contributed by atoms with van der Waals surface area (Å²) in [5.41, 5.74) is -0.293. The van der Waals surface area contributed by atoms with Gasteiger partial charge in [0.15, 0.2) is 6.61 Å². The van der Waals surface area contributed by atoms with Crippen LogP contribution >= 0.6 is 0 Å². The van der Waals surface area contributed by atoms with E-state index in [0.717, 1.165) is 24.3 Å². The third kappa shape index (κ3) is 5.97. The minimum atomic E-state index is -4.50. The zero-order valence-corrected chi connectivity index (χ0v) is 16.4. The molecule has 0 spiro atoms. The maximum Gasteiger partial charge on any atom is 0.416 e. The molecule has 31 heavy (non-hydrogen) atoms. The summed E-state index contributed by atoms with van der Waals surface area (Å²) >= 11 is 0. The Morgan fingerprint density at radius 2 is 1.45 bits per heavy atom. The highest BCUT2D eigenvalue weighted by atomic mass is 19.4. The molecule has 0 saturated carbocycles. The van der Waals surface area contributed by atoms with E-state index in [0.29, 0.717) is 18.8 Å². The number of amides is 3. The first-order valence-corrected chi connectivity index (χ1v) is 9.47. The monoisotopic (exact) mass is 435 g/mol. The highest BCUT2D eigenvalue weighted by Gasteiger charge is 2.30. The molecule has 2 aromatic carbocycles. The van der Waals surface area contributed by atoms with E-state index in [1.807, 2.05) is 6.07 Å². The second-order valence-corrected chi connectivity index (χ2v) is 6.82. The minimum Gasteiger partial charge on any atom is -0.452 e. The predicted molar refractivity (Wildman–Crippen MR) is 105 cm³/mol. The van der Waals surface area contributed by atoms with Gasteiger partial charge in [-0.15, -0.1) is 0 Å². The zero-order chi connectivity index (χ0) is 22.4. The number of rotatable bonds is 4. The Morgan fingerprint density at radius 1 is 0.871 bits per heavy atom. The van der Waals surface area contributed by atoms with Crippen LogP contribution in [0.1, 0.15) is 15.9 Å². The number of hydrogen-bond donors (Lipinski definition) is 1. The second-order valence-electron chi connectivity index (χ2n) is 6.82. The zero-order valence-electron chi connectivity index (χ0n) is 16.4. The summed E-state index contributed by atoms with van der Waals surface area (Å²) in [5.74, 6) is -1.33.